The van der Waals surface area contributed by atoms with E-state index in [-0.39, 0.29) is 24.5 Å². The third-order valence-corrected chi connectivity index (χ3v) is 7.40. The molecule has 0 spiro atoms. The van der Waals surface area contributed by atoms with E-state index in [1.165, 1.54) is 6.42 Å². The van der Waals surface area contributed by atoms with Gasteiger partial charge in [-0.15, -0.1) is 0 Å². The lowest BCUT2D eigenvalue weighted by molar-refractivity contribution is -0.143. The first-order valence-corrected chi connectivity index (χ1v) is 13.9. The van der Waals surface area contributed by atoms with Crippen molar-refractivity contribution >= 4 is 27.7 Å². The minimum absolute atomic E-state index is 0.102. The minimum atomic E-state index is -0.656. The number of hydrogen-bond acceptors (Lipinski definition) is 3. The molecule has 5 nitrogen and oxygen atoms in total. The zero-order valence-corrected chi connectivity index (χ0v) is 23.0. The third kappa shape index (κ3) is 7.93. The van der Waals surface area contributed by atoms with Gasteiger partial charge in [-0.05, 0) is 54.7 Å². The SMILES string of the molecule is Cc1ccccc1OCC(=O)N(Cc1cccc(Br)c1)[C@@H](Cc1ccccc1)C(=O)NC1CCCCC1. The first-order chi connectivity index (χ1) is 18.0. The van der Waals surface area contributed by atoms with Crippen molar-refractivity contribution in [1.82, 2.24) is 10.2 Å². The van der Waals surface area contributed by atoms with Crippen molar-refractivity contribution in [3.05, 3.63) is 100 Å². The van der Waals surface area contributed by atoms with Crippen LogP contribution in [-0.2, 0) is 22.6 Å². The van der Waals surface area contributed by atoms with Crippen LogP contribution in [0.2, 0.25) is 0 Å². The van der Waals surface area contributed by atoms with E-state index in [4.69, 9.17) is 4.74 Å². The first kappa shape index (κ1) is 26.9. The fourth-order valence-electron chi connectivity index (χ4n) is 4.87. The Hall–Kier alpha value is -3.12. The molecular formula is C31H35BrN2O3. The smallest absolute Gasteiger partial charge is 0.261 e. The van der Waals surface area contributed by atoms with Gasteiger partial charge < -0.3 is 15.0 Å². The van der Waals surface area contributed by atoms with Crippen molar-refractivity contribution in [2.75, 3.05) is 6.61 Å². The second kappa shape index (κ2) is 13.4. The van der Waals surface area contributed by atoms with Crippen LogP contribution in [0.1, 0.15) is 48.8 Å². The van der Waals surface area contributed by atoms with Gasteiger partial charge in [-0.25, -0.2) is 0 Å². The number of para-hydroxylation sites is 1. The van der Waals surface area contributed by atoms with Crippen molar-refractivity contribution < 1.29 is 14.3 Å². The van der Waals surface area contributed by atoms with Gasteiger partial charge in [-0.2, -0.15) is 0 Å². The van der Waals surface area contributed by atoms with Gasteiger partial charge in [0.25, 0.3) is 5.91 Å². The summed E-state index contributed by atoms with van der Waals surface area (Å²) in [7, 11) is 0. The zero-order chi connectivity index (χ0) is 26.0. The number of nitrogens with zero attached hydrogens (tertiary/aromatic N) is 1. The second-order valence-electron chi connectivity index (χ2n) is 9.75. The molecule has 194 valence electrons. The summed E-state index contributed by atoms with van der Waals surface area (Å²) in [4.78, 5) is 29.2. The zero-order valence-electron chi connectivity index (χ0n) is 21.4. The van der Waals surface area contributed by atoms with Gasteiger partial charge in [0.15, 0.2) is 6.61 Å². The number of nitrogens with one attached hydrogen (secondary N) is 1. The molecule has 1 aliphatic carbocycles. The highest BCUT2D eigenvalue weighted by Crippen LogP contribution is 2.22. The van der Waals surface area contributed by atoms with Gasteiger partial charge >= 0.3 is 0 Å². The summed E-state index contributed by atoms with van der Waals surface area (Å²) in [5, 5.41) is 3.27. The van der Waals surface area contributed by atoms with E-state index >= 15 is 0 Å². The van der Waals surface area contributed by atoms with Crippen molar-refractivity contribution in [2.45, 2.75) is 64.1 Å². The Labute approximate surface area is 228 Å². The molecule has 37 heavy (non-hydrogen) atoms. The Morgan fingerprint density at radius 3 is 2.38 bits per heavy atom. The number of halogens is 1. The molecule has 0 bridgehead atoms. The maximum Gasteiger partial charge on any atom is 0.261 e. The number of amides is 2. The molecule has 0 aliphatic heterocycles. The number of rotatable bonds is 10. The van der Waals surface area contributed by atoms with Gasteiger partial charge in [0.05, 0.1) is 0 Å². The van der Waals surface area contributed by atoms with Crippen LogP contribution in [0.4, 0.5) is 0 Å². The van der Waals surface area contributed by atoms with Gasteiger partial charge in [-0.3, -0.25) is 9.59 Å². The molecule has 0 aromatic heterocycles. The van der Waals surface area contributed by atoms with Gasteiger partial charge in [0.1, 0.15) is 11.8 Å². The van der Waals surface area contributed by atoms with Crippen LogP contribution in [0.3, 0.4) is 0 Å². The van der Waals surface area contributed by atoms with E-state index in [1.807, 2.05) is 85.8 Å². The van der Waals surface area contributed by atoms with Crippen molar-refractivity contribution in [3.63, 3.8) is 0 Å². The third-order valence-electron chi connectivity index (χ3n) is 6.91. The largest absolute Gasteiger partial charge is 0.484 e. The maximum atomic E-state index is 13.8. The Kier molecular flexibility index (Phi) is 9.78. The van der Waals surface area contributed by atoms with Crippen LogP contribution in [0, 0.1) is 6.92 Å². The lowest BCUT2D eigenvalue weighted by atomic mass is 9.94. The van der Waals surface area contributed by atoms with Crippen molar-refractivity contribution in [3.8, 4) is 5.75 Å². The summed E-state index contributed by atoms with van der Waals surface area (Å²) in [6, 6.07) is 24.9. The van der Waals surface area contributed by atoms with Crippen LogP contribution < -0.4 is 10.1 Å². The highest BCUT2D eigenvalue weighted by molar-refractivity contribution is 9.10. The predicted molar refractivity (Wildman–Crippen MR) is 150 cm³/mol. The normalized spacial score (nSPS) is 14.5. The standard InChI is InChI=1S/C31H35BrN2O3/c1-23-11-8-9-18-29(23)37-22-30(35)34(21-25-14-10-15-26(32)19-25)28(20-24-12-4-2-5-13-24)31(36)33-27-16-6-3-7-17-27/h2,4-5,8-15,18-19,27-28H,3,6-7,16-17,20-22H2,1H3,(H,33,36)/t28-/m0/s1. The highest BCUT2D eigenvalue weighted by Gasteiger charge is 2.32. The fraction of sp³-hybridized carbons (Fsp3) is 0.355. The molecule has 1 N–H and O–H groups in total. The molecule has 2 amide bonds. The number of benzene rings is 3. The fourth-order valence-corrected chi connectivity index (χ4v) is 5.32. The molecule has 0 heterocycles. The maximum absolute atomic E-state index is 13.8. The van der Waals surface area contributed by atoms with Gasteiger partial charge in [0.2, 0.25) is 5.91 Å². The predicted octanol–water partition coefficient (Wildman–Crippen LogP) is 6.23. The molecule has 1 aliphatic rings. The summed E-state index contributed by atoms with van der Waals surface area (Å²) in [6.45, 7) is 2.13. The number of carbonyl (C=O) groups is 2. The molecule has 1 saturated carbocycles. The molecule has 0 unspecified atom stereocenters. The molecule has 0 saturated heterocycles. The van der Waals surface area contributed by atoms with E-state index in [9.17, 15) is 9.59 Å². The van der Waals surface area contributed by atoms with E-state index < -0.39 is 6.04 Å². The number of hydrogen-bond donors (Lipinski definition) is 1. The van der Waals surface area contributed by atoms with Gasteiger partial charge in [0, 0.05) is 23.5 Å². The summed E-state index contributed by atoms with van der Waals surface area (Å²) in [6.07, 6.45) is 5.87. The number of ether oxygens (including phenoxy) is 1. The summed E-state index contributed by atoms with van der Waals surface area (Å²) in [5.74, 6) is 0.350. The lowest BCUT2D eigenvalue weighted by Crippen LogP contribution is -2.53. The number of aryl methyl sites for hydroxylation is 1. The van der Waals surface area contributed by atoms with Crippen LogP contribution in [0.25, 0.3) is 0 Å². The van der Waals surface area contributed by atoms with E-state index in [0.29, 0.717) is 18.7 Å². The Balaban J connectivity index is 1.62. The monoisotopic (exact) mass is 562 g/mol. The van der Waals surface area contributed by atoms with Crippen LogP contribution in [-0.4, -0.2) is 35.4 Å². The lowest BCUT2D eigenvalue weighted by Gasteiger charge is -2.33. The topological polar surface area (TPSA) is 58.6 Å². The minimum Gasteiger partial charge on any atom is -0.484 e. The van der Waals surface area contributed by atoms with E-state index in [1.54, 1.807) is 4.90 Å². The van der Waals surface area contributed by atoms with Gasteiger partial charge in [-0.1, -0.05) is 95.9 Å². The molecular weight excluding hydrogens is 528 g/mol. The molecule has 3 aromatic carbocycles. The molecule has 0 radical (unpaired) electrons. The summed E-state index contributed by atoms with van der Waals surface area (Å²) in [5.41, 5.74) is 2.92. The van der Waals surface area contributed by atoms with Crippen LogP contribution in [0.5, 0.6) is 5.75 Å². The molecule has 1 fully saturated rings. The van der Waals surface area contributed by atoms with Crippen LogP contribution >= 0.6 is 15.9 Å². The summed E-state index contributed by atoms with van der Waals surface area (Å²) >= 11 is 3.54. The van der Waals surface area contributed by atoms with Crippen LogP contribution in [0.15, 0.2) is 83.3 Å². The average molecular weight is 564 g/mol. The Morgan fingerprint density at radius 2 is 1.65 bits per heavy atom. The molecule has 1 atom stereocenters. The Morgan fingerprint density at radius 1 is 0.946 bits per heavy atom. The second-order valence-corrected chi connectivity index (χ2v) is 10.7. The first-order valence-electron chi connectivity index (χ1n) is 13.1. The summed E-state index contributed by atoms with van der Waals surface area (Å²) < 4.78 is 6.87. The molecule has 4 rings (SSSR count). The quantitative estimate of drug-likeness (QED) is 0.319. The average Bonchev–Trinajstić information content (AvgIpc) is 2.91. The molecule has 6 heteroatoms. The van der Waals surface area contributed by atoms with Crippen molar-refractivity contribution in [2.24, 2.45) is 0 Å². The van der Waals surface area contributed by atoms with E-state index in [2.05, 4.69) is 21.2 Å². The number of carbonyl (C=O) groups excluding carboxylic acids is 2. The Bertz CT molecular complexity index is 1180. The highest BCUT2D eigenvalue weighted by atomic mass is 79.9. The molecule has 3 aromatic rings. The van der Waals surface area contributed by atoms with E-state index in [0.717, 1.165) is 46.8 Å². The van der Waals surface area contributed by atoms with Crippen molar-refractivity contribution in [1.29, 1.82) is 0 Å².